The number of phenols is 1. The van der Waals surface area contributed by atoms with E-state index in [1.807, 2.05) is 30.3 Å². The molecule has 0 radical (unpaired) electrons. The van der Waals surface area contributed by atoms with Gasteiger partial charge in [-0.2, -0.15) is 0 Å². The summed E-state index contributed by atoms with van der Waals surface area (Å²) in [6, 6.07) is 11.3. The van der Waals surface area contributed by atoms with Gasteiger partial charge in [0.2, 0.25) is 5.91 Å². The van der Waals surface area contributed by atoms with Crippen LogP contribution in [0.4, 0.5) is 0 Å². The van der Waals surface area contributed by atoms with Crippen LogP contribution < -0.4 is 0 Å². The lowest BCUT2D eigenvalue weighted by molar-refractivity contribution is -0.129. The van der Waals surface area contributed by atoms with E-state index in [9.17, 15) is 9.90 Å². The Kier molecular flexibility index (Phi) is 3.96. The van der Waals surface area contributed by atoms with Crippen LogP contribution in [-0.2, 0) is 11.3 Å². The molecule has 1 atom stereocenters. The van der Waals surface area contributed by atoms with Crippen molar-refractivity contribution < 1.29 is 9.90 Å². The number of fused-ring (bicyclic) bond motifs is 1. The van der Waals surface area contributed by atoms with E-state index in [0.29, 0.717) is 6.54 Å². The number of nitrogens with zero attached hydrogens (tertiary/aromatic N) is 1. The predicted molar refractivity (Wildman–Crippen MR) is 77.4 cm³/mol. The van der Waals surface area contributed by atoms with Crippen LogP contribution in [0.15, 0.2) is 36.4 Å². The molecule has 0 saturated carbocycles. The Bertz CT molecular complexity index is 610. The predicted octanol–water partition coefficient (Wildman–Crippen LogP) is 3.13. The summed E-state index contributed by atoms with van der Waals surface area (Å²) in [6.07, 6.45) is 0. The zero-order valence-electron chi connectivity index (χ0n) is 10.9. The first-order chi connectivity index (χ1) is 9.00. The number of hydrogen-bond acceptors (Lipinski definition) is 2. The lowest BCUT2D eigenvalue weighted by Gasteiger charge is -2.20. The minimum absolute atomic E-state index is 0.158. The number of benzene rings is 2. The van der Waals surface area contributed by atoms with Crippen LogP contribution in [0.1, 0.15) is 12.5 Å². The third-order valence-electron chi connectivity index (χ3n) is 3.13. The molecule has 0 aliphatic rings. The molecule has 2 aromatic rings. The van der Waals surface area contributed by atoms with Gasteiger partial charge in [-0.3, -0.25) is 4.79 Å². The molecular weight excluding hydrogens is 262 g/mol. The summed E-state index contributed by atoms with van der Waals surface area (Å²) in [7, 11) is 1.68. The third kappa shape index (κ3) is 2.82. The van der Waals surface area contributed by atoms with E-state index in [0.717, 1.165) is 16.3 Å². The van der Waals surface area contributed by atoms with Gasteiger partial charge in [0, 0.05) is 19.2 Å². The van der Waals surface area contributed by atoms with E-state index in [2.05, 4.69) is 0 Å². The molecule has 0 fully saturated rings. The maximum Gasteiger partial charge on any atom is 0.240 e. The van der Waals surface area contributed by atoms with Gasteiger partial charge in [-0.05, 0) is 23.8 Å². The molecule has 3 nitrogen and oxygen atoms in total. The smallest absolute Gasteiger partial charge is 0.240 e. The van der Waals surface area contributed by atoms with Gasteiger partial charge in [0.15, 0.2) is 0 Å². The first kappa shape index (κ1) is 13.7. The largest absolute Gasteiger partial charge is 0.508 e. The molecule has 2 aromatic carbocycles. The van der Waals surface area contributed by atoms with Crippen LogP contribution in [0, 0.1) is 0 Å². The molecule has 19 heavy (non-hydrogen) atoms. The quantitative estimate of drug-likeness (QED) is 0.876. The Morgan fingerprint density at radius 3 is 2.68 bits per heavy atom. The molecule has 0 heterocycles. The second kappa shape index (κ2) is 5.49. The van der Waals surface area contributed by atoms with E-state index in [4.69, 9.17) is 11.6 Å². The zero-order chi connectivity index (χ0) is 14.0. The van der Waals surface area contributed by atoms with E-state index in [-0.39, 0.29) is 11.7 Å². The SMILES string of the molecule is CC(Cl)C(=O)N(C)Cc1c(O)ccc2ccccc12. The van der Waals surface area contributed by atoms with E-state index in [1.165, 1.54) is 4.90 Å². The fourth-order valence-corrected chi connectivity index (χ4v) is 2.28. The van der Waals surface area contributed by atoms with Crippen molar-refractivity contribution in [3.63, 3.8) is 0 Å². The Morgan fingerprint density at radius 1 is 1.32 bits per heavy atom. The summed E-state index contributed by atoms with van der Waals surface area (Å²) in [4.78, 5) is 13.3. The Balaban J connectivity index is 2.39. The van der Waals surface area contributed by atoms with Gasteiger partial charge < -0.3 is 10.0 Å². The normalized spacial score (nSPS) is 12.4. The molecule has 0 bridgehead atoms. The molecule has 0 aromatic heterocycles. The summed E-state index contributed by atoms with van der Waals surface area (Å²) in [6.45, 7) is 1.98. The molecule has 4 heteroatoms. The maximum absolute atomic E-state index is 11.8. The second-order valence-electron chi connectivity index (χ2n) is 4.59. The van der Waals surface area contributed by atoms with Gasteiger partial charge in [-0.25, -0.2) is 0 Å². The zero-order valence-corrected chi connectivity index (χ0v) is 11.7. The van der Waals surface area contributed by atoms with Gasteiger partial charge in [-0.1, -0.05) is 30.3 Å². The van der Waals surface area contributed by atoms with Crippen molar-refractivity contribution in [3.8, 4) is 5.75 Å². The highest BCUT2D eigenvalue weighted by molar-refractivity contribution is 6.30. The van der Waals surface area contributed by atoms with Gasteiger partial charge in [0.1, 0.15) is 11.1 Å². The topological polar surface area (TPSA) is 40.5 Å². The number of rotatable bonds is 3. The standard InChI is InChI=1S/C15H16ClNO2/c1-10(16)15(19)17(2)9-13-12-6-4-3-5-11(12)7-8-14(13)18/h3-8,10,18H,9H2,1-2H3. The lowest BCUT2D eigenvalue weighted by atomic mass is 10.0. The number of phenolic OH excluding ortho intramolecular Hbond substituents is 1. The fourth-order valence-electron chi connectivity index (χ4n) is 2.11. The minimum Gasteiger partial charge on any atom is -0.508 e. The van der Waals surface area contributed by atoms with Crippen LogP contribution >= 0.6 is 11.6 Å². The maximum atomic E-state index is 11.8. The summed E-state index contributed by atoms with van der Waals surface area (Å²) < 4.78 is 0. The Morgan fingerprint density at radius 2 is 2.00 bits per heavy atom. The highest BCUT2D eigenvalue weighted by atomic mass is 35.5. The van der Waals surface area contributed by atoms with Crippen molar-refractivity contribution in [2.24, 2.45) is 0 Å². The first-order valence-electron chi connectivity index (χ1n) is 6.09. The van der Waals surface area contributed by atoms with E-state index < -0.39 is 5.38 Å². The molecule has 1 amide bonds. The van der Waals surface area contributed by atoms with Gasteiger partial charge in [0.05, 0.1) is 0 Å². The first-order valence-corrected chi connectivity index (χ1v) is 6.53. The van der Waals surface area contributed by atoms with Gasteiger partial charge in [-0.15, -0.1) is 11.6 Å². The van der Waals surface area contributed by atoms with Crippen molar-refractivity contribution in [3.05, 3.63) is 42.0 Å². The summed E-state index contributed by atoms with van der Waals surface area (Å²) in [5.41, 5.74) is 0.742. The molecule has 0 saturated heterocycles. The summed E-state index contributed by atoms with van der Waals surface area (Å²) in [5, 5.41) is 11.4. The van der Waals surface area contributed by atoms with Crippen molar-refractivity contribution >= 4 is 28.3 Å². The number of halogens is 1. The van der Waals surface area contributed by atoms with Crippen LogP contribution in [0.3, 0.4) is 0 Å². The molecule has 100 valence electrons. The number of carbonyl (C=O) groups excluding carboxylic acids is 1. The molecular formula is C15H16ClNO2. The lowest BCUT2D eigenvalue weighted by Crippen LogP contribution is -2.31. The van der Waals surface area contributed by atoms with Crippen LogP contribution in [0.25, 0.3) is 10.8 Å². The second-order valence-corrected chi connectivity index (χ2v) is 5.25. The summed E-state index contributed by atoms with van der Waals surface area (Å²) >= 11 is 5.79. The van der Waals surface area contributed by atoms with Gasteiger partial charge >= 0.3 is 0 Å². The van der Waals surface area contributed by atoms with Crippen LogP contribution in [0.2, 0.25) is 0 Å². The van der Waals surface area contributed by atoms with Crippen molar-refractivity contribution in [2.45, 2.75) is 18.8 Å². The number of aromatic hydroxyl groups is 1. The highest BCUT2D eigenvalue weighted by Gasteiger charge is 2.17. The van der Waals surface area contributed by atoms with Crippen LogP contribution in [-0.4, -0.2) is 28.3 Å². The average Bonchev–Trinajstić information content (AvgIpc) is 2.40. The number of amides is 1. The Labute approximate surface area is 117 Å². The Hall–Kier alpha value is -1.74. The van der Waals surface area contributed by atoms with Crippen molar-refractivity contribution in [1.82, 2.24) is 4.90 Å². The molecule has 1 N–H and O–H groups in total. The van der Waals surface area contributed by atoms with Crippen molar-refractivity contribution in [1.29, 1.82) is 0 Å². The number of hydrogen-bond donors (Lipinski definition) is 1. The minimum atomic E-state index is -0.567. The fraction of sp³-hybridized carbons (Fsp3) is 0.267. The van der Waals surface area contributed by atoms with E-state index >= 15 is 0 Å². The number of carbonyl (C=O) groups is 1. The monoisotopic (exact) mass is 277 g/mol. The van der Waals surface area contributed by atoms with E-state index in [1.54, 1.807) is 20.0 Å². The summed E-state index contributed by atoms with van der Waals surface area (Å²) in [5.74, 6) is 0.0366. The van der Waals surface area contributed by atoms with Gasteiger partial charge in [0.25, 0.3) is 0 Å². The molecule has 0 aliphatic carbocycles. The molecule has 1 unspecified atom stereocenters. The third-order valence-corrected chi connectivity index (χ3v) is 3.31. The average molecular weight is 278 g/mol. The molecule has 2 rings (SSSR count). The molecule has 0 spiro atoms. The number of alkyl halides is 1. The highest BCUT2D eigenvalue weighted by Crippen LogP contribution is 2.28. The van der Waals surface area contributed by atoms with Crippen LogP contribution in [0.5, 0.6) is 5.75 Å². The molecule has 0 aliphatic heterocycles. The van der Waals surface area contributed by atoms with Crippen molar-refractivity contribution in [2.75, 3.05) is 7.05 Å².